The van der Waals surface area contributed by atoms with Crippen LogP contribution in [-0.2, 0) is 27.8 Å². The van der Waals surface area contributed by atoms with Gasteiger partial charge in [-0.05, 0) is 54.2 Å². The summed E-state index contributed by atoms with van der Waals surface area (Å²) in [6.45, 7) is 0.108. The van der Waals surface area contributed by atoms with Crippen molar-refractivity contribution in [2.45, 2.75) is 57.5 Å². The van der Waals surface area contributed by atoms with Gasteiger partial charge in [0, 0.05) is 17.5 Å². The third-order valence-corrected chi connectivity index (χ3v) is 7.46. The number of pyridine rings is 1. The van der Waals surface area contributed by atoms with Crippen molar-refractivity contribution >= 4 is 26.8 Å². The van der Waals surface area contributed by atoms with Gasteiger partial charge in [0.05, 0.1) is 12.7 Å². The molecule has 0 saturated heterocycles. The Balaban J connectivity index is 1.65. The Morgan fingerprint density at radius 1 is 1.03 bits per heavy atom. The van der Waals surface area contributed by atoms with Crippen LogP contribution in [-0.4, -0.2) is 20.6 Å². The number of aromatic nitrogens is 1. The van der Waals surface area contributed by atoms with Gasteiger partial charge in [-0.3, -0.25) is 4.79 Å². The summed E-state index contributed by atoms with van der Waals surface area (Å²) in [5.74, 6) is 0.701. The molecule has 0 bridgehead atoms. The van der Waals surface area contributed by atoms with E-state index in [0.29, 0.717) is 22.9 Å². The third kappa shape index (κ3) is 5.53. The molecule has 1 fully saturated rings. The Labute approximate surface area is 195 Å². The first-order valence-electron chi connectivity index (χ1n) is 11.5. The number of rotatable bonds is 7. The van der Waals surface area contributed by atoms with Crippen LogP contribution in [0.25, 0.3) is 10.9 Å². The minimum Gasteiger partial charge on any atom is -0.483 e. The quantitative estimate of drug-likeness (QED) is 0.420. The molecular weight excluding hydrogens is 436 g/mol. The number of hydrogen-bond acceptors (Lipinski definition) is 4. The minimum absolute atomic E-state index is 0.108. The molecule has 1 aliphatic rings. The van der Waals surface area contributed by atoms with Crippen LogP contribution in [0.3, 0.4) is 0 Å². The molecule has 0 unspecified atom stereocenters. The number of carbonyl (C=O) groups excluding carboxylic acids is 1. The molecule has 4 rings (SSSR count). The molecule has 0 atom stereocenters. The highest BCUT2D eigenvalue weighted by atomic mass is 32.2. The van der Waals surface area contributed by atoms with E-state index in [1.54, 1.807) is 12.1 Å². The molecule has 1 amide bonds. The van der Waals surface area contributed by atoms with E-state index in [9.17, 15) is 13.2 Å². The van der Waals surface area contributed by atoms with E-state index in [1.807, 2.05) is 42.5 Å². The summed E-state index contributed by atoms with van der Waals surface area (Å²) in [5, 5.41) is 0.845. The van der Waals surface area contributed by atoms with Crippen LogP contribution in [0.5, 0.6) is 5.75 Å². The molecule has 0 aliphatic heterocycles. The Morgan fingerprint density at radius 2 is 1.76 bits per heavy atom. The van der Waals surface area contributed by atoms with Crippen molar-refractivity contribution in [3.8, 4) is 5.75 Å². The van der Waals surface area contributed by atoms with Crippen molar-refractivity contribution in [1.29, 1.82) is 0 Å². The van der Waals surface area contributed by atoms with Crippen molar-refractivity contribution in [3.05, 3.63) is 71.4 Å². The van der Waals surface area contributed by atoms with E-state index >= 15 is 0 Å². The Morgan fingerprint density at radius 3 is 2.45 bits per heavy atom. The van der Waals surface area contributed by atoms with Crippen molar-refractivity contribution < 1.29 is 21.9 Å². The number of benzene rings is 2. The van der Waals surface area contributed by atoms with E-state index in [0.717, 1.165) is 29.4 Å². The smallest absolute Gasteiger partial charge is 0.367 e. The zero-order valence-corrected chi connectivity index (χ0v) is 19.8. The highest BCUT2D eigenvalue weighted by Gasteiger charge is 2.26. The summed E-state index contributed by atoms with van der Waals surface area (Å²) >= 11 is 0. The summed E-state index contributed by atoms with van der Waals surface area (Å²) in [7, 11) is -3.53. The van der Waals surface area contributed by atoms with Crippen LogP contribution < -0.4 is 14.4 Å². The molecular formula is C26H31N2O4S+. The van der Waals surface area contributed by atoms with Crippen LogP contribution in [0, 0.1) is 0 Å². The normalized spacial score (nSPS) is 15.3. The molecule has 3 aromatic rings. The third-order valence-electron chi connectivity index (χ3n) is 6.37. The lowest BCUT2D eigenvalue weighted by Gasteiger charge is -2.20. The molecule has 0 radical (unpaired) electrons. The highest BCUT2D eigenvalue weighted by molar-refractivity contribution is 7.84. The van der Waals surface area contributed by atoms with Crippen LogP contribution in [0.2, 0.25) is 0 Å². The maximum absolute atomic E-state index is 12.6. The Bertz CT molecular complexity index is 1260. The summed E-state index contributed by atoms with van der Waals surface area (Å²) in [6, 6.07) is 16.9. The van der Waals surface area contributed by atoms with Crippen LogP contribution >= 0.6 is 0 Å². The number of nitrogens with zero attached hydrogens (tertiary/aromatic N) is 1. The second kappa shape index (κ2) is 9.91. The number of hydrogen-bond donors (Lipinski definition) is 1. The molecule has 2 aromatic carbocycles. The minimum atomic E-state index is -3.53. The van der Waals surface area contributed by atoms with Crippen molar-refractivity contribution in [3.63, 3.8) is 0 Å². The summed E-state index contributed by atoms with van der Waals surface area (Å²) in [4.78, 5) is 11.6. The topological polar surface area (TPSA) is 90.3 Å². The second-order valence-electron chi connectivity index (χ2n) is 8.89. The second-order valence-corrected chi connectivity index (χ2v) is 10.7. The SMILES string of the molecule is CS(=O)(=O)[n+]1c(COc2ccc(CC(N)=O)c(C3CCCCCC3)c2)ccc2ccccc21. The van der Waals surface area contributed by atoms with Crippen LogP contribution in [0.15, 0.2) is 54.6 Å². The number of amides is 1. The number of primary amides is 1. The molecule has 1 heterocycles. The van der Waals surface area contributed by atoms with Gasteiger partial charge in [-0.15, -0.1) is 0 Å². The number of carbonyl (C=O) groups is 1. The average molecular weight is 468 g/mol. The van der Waals surface area contributed by atoms with Gasteiger partial charge in [0.25, 0.3) is 0 Å². The maximum Gasteiger partial charge on any atom is 0.367 e. The fraction of sp³-hybridized carbons (Fsp3) is 0.385. The number of ether oxygens (including phenoxy) is 1. The molecule has 174 valence electrons. The lowest BCUT2D eigenvalue weighted by Crippen LogP contribution is -2.46. The predicted molar refractivity (Wildman–Crippen MR) is 129 cm³/mol. The van der Waals surface area contributed by atoms with Gasteiger partial charge in [-0.2, -0.15) is 8.42 Å². The Kier molecular flexibility index (Phi) is 6.98. The van der Waals surface area contributed by atoms with E-state index in [2.05, 4.69) is 0 Å². The summed E-state index contributed by atoms with van der Waals surface area (Å²) in [5.41, 5.74) is 8.76. The van der Waals surface area contributed by atoms with Crippen molar-refractivity contribution in [2.24, 2.45) is 5.73 Å². The molecule has 0 spiro atoms. The molecule has 2 N–H and O–H groups in total. The molecule has 33 heavy (non-hydrogen) atoms. The first-order chi connectivity index (χ1) is 15.8. The molecule has 1 aliphatic carbocycles. The maximum atomic E-state index is 12.6. The molecule has 1 aromatic heterocycles. The highest BCUT2D eigenvalue weighted by Crippen LogP contribution is 2.35. The van der Waals surface area contributed by atoms with Gasteiger partial charge in [-0.1, -0.05) is 47.9 Å². The fourth-order valence-corrected chi connectivity index (χ4v) is 5.92. The van der Waals surface area contributed by atoms with E-state index in [1.165, 1.54) is 35.9 Å². The number of para-hydroxylation sites is 1. The standard InChI is InChI=1S/C26H30N2O4S/c1-33(30,31)28-22(14-12-20-10-6-7-11-25(20)28)18-32-23-15-13-21(16-26(27)29)24(17-23)19-8-4-2-3-5-9-19/h6-7,10-15,17,19H,2-5,8-9,16,18H2,1H3,(H-,27,29)/p+1. The largest absolute Gasteiger partial charge is 0.483 e. The van der Waals surface area contributed by atoms with Gasteiger partial charge in [0.15, 0.2) is 6.61 Å². The zero-order valence-electron chi connectivity index (χ0n) is 19.0. The average Bonchev–Trinajstić information content (AvgIpc) is 3.06. The monoisotopic (exact) mass is 467 g/mol. The van der Waals surface area contributed by atoms with E-state index in [-0.39, 0.29) is 18.9 Å². The molecule has 7 heteroatoms. The number of nitrogens with two attached hydrogens (primary N) is 1. The fourth-order valence-electron chi connectivity index (χ4n) is 4.86. The van der Waals surface area contributed by atoms with E-state index < -0.39 is 10.0 Å². The first-order valence-corrected chi connectivity index (χ1v) is 13.3. The van der Waals surface area contributed by atoms with Gasteiger partial charge >= 0.3 is 10.0 Å². The van der Waals surface area contributed by atoms with Gasteiger partial charge in [0.2, 0.25) is 17.1 Å². The van der Waals surface area contributed by atoms with Crippen LogP contribution in [0.4, 0.5) is 0 Å². The zero-order chi connectivity index (χ0) is 23.4. The number of fused-ring (bicyclic) bond motifs is 1. The molecule has 1 saturated carbocycles. The van der Waals surface area contributed by atoms with Gasteiger partial charge < -0.3 is 10.5 Å². The summed E-state index contributed by atoms with van der Waals surface area (Å²) in [6.07, 6.45) is 8.43. The lowest BCUT2D eigenvalue weighted by atomic mass is 9.87. The van der Waals surface area contributed by atoms with Gasteiger partial charge in [-0.25, -0.2) is 0 Å². The van der Waals surface area contributed by atoms with Crippen molar-refractivity contribution in [2.75, 3.05) is 6.26 Å². The predicted octanol–water partition coefficient (Wildman–Crippen LogP) is 3.98. The summed E-state index contributed by atoms with van der Waals surface area (Å²) < 4.78 is 32.6. The first kappa shape index (κ1) is 23.2. The Hall–Kier alpha value is -2.93. The van der Waals surface area contributed by atoms with Gasteiger partial charge in [0.1, 0.15) is 5.75 Å². The van der Waals surface area contributed by atoms with E-state index in [4.69, 9.17) is 10.5 Å². The molecule has 6 nitrogen and oxygen atoms in total. The van der Waals surface area contributed by atoms with Crippen molar-refractivity contribution in [1.82, 2.24) is 0 Å². The van der Waals surface area contributed by atoms with Crippen LogP contribution in [0.1, 0.15) is 61.3 Å². The lowest BCUT2D eigenvalue weighted by molar-refractivity contribution is -0.493.